The number of rotatable bonds is 5. The fraction of sp³-hybridized carbons (Fsp3) is 0.353. The SMILES string of the molecule is Cc1cc(C(NN)c2cccc(OC3CC3)c2)cc(C)n1. The lowest BCUT2D eigenvalue weighted by Crippen LogP contribution is -2.29. The van der Waals surface area contributed by atoms with Crippen molar-refractivity contribution in [2.45, 2.75) is 38.8 Å². The zero-order chi connectivity index (χ0) is 14.8. The molecule has 0 radical (unpaired) electrons. The molecule has 4 nitrogen and oxygen atoms in total. The highest BCUT2D eigenvalue weighted by Crippen LogP contribution is 2.30. The Morgan fingerprint density at radius 1 is 1.14 bits per heavy atom. The Bertz CT molecular complexity index is 617. The van der Waals surface area contributed by atoms with E-state index >= 15 is 0 Å². The Morgan fingerprint density at radius 2 is 1.86 bits per heavy atom. The first-order valence-corrected chi connectivity index (χ1v) is 7.33. The van der Waals surface area contributed by atoms with E-state index in [-0.39, 0.29) is 6.04 Å². The molecule has 110 valence electrons. The van der Waals surface area contributed by atoms with E-state index in [1.54, 1.807) is 0 Å². The number of aryl methyl sites for hydroxylation is 2. The molecule has 0 amide bonds. The quantitative estimate of drug-likeness (QED) is 0.654. The maximum atomic E-state index is 5.86. The topological polar surface area (TPSA) is 60.2 Å². The molecule has 0 saturated heterocycles. The molecule has 1 unspecified atom stereocenters. The molecule has 1 atom stereocenters. The summed E-state index contributed by atoms with van der Waals surface area (Å²) in [4.78, 5) is 4.42. The lowest BCUT2D eigenvalue weighted by molar-refractivity contribution is 0.302. The van der Waals surface area contributed by atoms with E-state index in [1.165, 1.54) is 0 Å². The van der Waals surface area contributed by atoms with Crippen LogP contribution in [0, 0.1) is 13.8 Å². The fourth-order valence-electron chi connectivity index (χ4n) is 2.56. The van der Waals surface area contributed by atoms with Crippen LogP contribution in [-0.2, 0) is 0 Å². The predicted molar refractivity (Wildman–Crippen MR) is 83.0 cm³/mol. The van der Waals surface area contributed by atoms with Gasteiger partial charge in [-0.25, -0.2) is 5.43 Å². The summed E-state index contributed by atoms with van der Waals surface area (Å²) in [5.74, 6) is 6.70. The van der Waals surface area contributed by atoms with E-state index in [0.717, 1.165) is 41.1 Å². The Balaban J connectivity index is 1.91. The van der Waals surface area contributed by atoms with E-state index in [1.807, 2.05) is 26.0 Å². The second-order valence-electron chi connectivity index (χ2n) is 5.67. The van der Waals surface area contributed by atoms with Crippen LogP contribution >= 0.6 is 0 Å². The molecule has 0 aliphatic heterocycles. The number of hydrogen-bond donors (Lipinski definition) is 2. The number of nitrogens with one attached hydrogen (secondary N) is 1. The van der Waals surface area contributed by atoms with Gasteiger partial charge in [-0.1, -0.05) is 12.1 Å². The first-order chi connectivity index (χ1) is 10.2. The van der Waals surface area contributed by atoms with E-state index in [0.29, 0.717) is 6.10 Å². The Labute approximate surface area is 125 Å². The molecule has 0 bridgehead atoms. The zero-order valence-corrected chi connectivity index (χ0v) is 12.5. The van der Waals surface area contributed by atoms with Crippen LogP contribution in [0.2, 0.25) is 0 Å². The lowest BCUT2D eigenvalue weighted by Gasteiger charge is -2.18. The molecule has 1 heterocycles. The Kier molecular flexibility index (Phi) is 3.90. The third-order valence-corrected chi connectivity index (χ3v) is 3.62. The number of hydrogen-bond acceptors (Lipinski definition) is 4. The van der Waals surface area contributed by atoms with Gasteiger partial charge in [0.25, 0.3) is 0 Å². The molecule has 21 heavy (non-hydrogen) atoms. The minimum absolute atomic E-state index is 0.0619. The van der Waals surface area contributed by atoms with Crippen LogP contribution < -0.4 is 16.0 Å². The normalized spacial score (nSPS) is 15.8. The molecule has 1 fully saturated rings. The maximum absolute atomic E-state index is 5.86. The third-order valence-electron chi connectivity index (χ3n) is 3.62. The minimum atomic E-state index is -0.0619. The van der Waals surface area contributed by atoms with Crippen molar-refractivity contribution in [2.24, 2.45) is 5.84 Å². The van der Waals surface area contributed by atoms with Gasteiger partial charge in [-0.15, -0.1) is 0 Å². The molecule has 1 aromatic heterocycles. The summed E-state index contributed by atoms with van der Waals surface area (Å²) in [6.45, 7) is 3.99. The van der Waals surface area contributed by atoms with Gasteiger partial charge in [-0.2, -0.15) is 0 Å². The van der Waals surface area contributed by atoms with Gasteiger partial charge in [-0.3, -0.25) is 10.8 Å². The summed E-state index contributed by atoms with van der Waals surface area (Å²) in [7, 11) is 0. The van der Waals surface area contributed by atoms with Crippen molar-refractivity contribution in [3.8, 4) is 5.75 Å². The highest BCUT2D eigenvalue weighted by atomic mass is 16.5. The van der Waals surface area contributed by atoms with Crippen molar-refractivity contribution >= 4 is 0 Å². The predicted octanol–water partition coefficient (Wildman–Crippen LogP) is 2.79. The van der Waals surface area contributed by atoms with Gasteiger partial charge < -0.3 is 4.74 Å². The minimum Gasteiger partial charge on any atom is -0.490 e. The van der Waals surface area contributed by atoms with Gasteiger partial charge in [0.1, 0.15) is 5.75 Å². The molecule has 1 aliphatic carbocycles. The van der Waals surface area contributed by atoms with E-state index < -0.39 is 0 Å². The van der Waals surface area contributed by atoms with Crippen LogP contribution in [0.15, 0.2) is 36.4 Å². The summed E-state index contributed by atoms with van der Waals surface area (Å²) in [5.41, 5.74) is 7.11. The third kappa shape index (κ3) is 3.40. The molecule has 1 aliphatic rings. The number of hydrazine groups is 1. The van der Waals surface area contributed by atoms with E-state index in [4.69, 9.17) is 10.6 Å². The Morgan fingerprint density at radius 3 is 2.48 bits per heavy atom. The molecule has 1 saturated carbocycles. The number of aromatic nitrogens is 1. The van der Waals surface area contributed by atoms with Crippen molar-refractivity contribution in [2.75, 3.05) is 0 Å². The van der Waals surface area contributed by atoms with Gasteiger partial charge in [0.2, 0.25) is 0 Å². The zero-order valence-electron chi connectivity index (χ0n) is 12.5. The van der Waals surface area contributed by atoms with Gasteiger partial charge in [0.05, 0.1) is 12.1 Å². The first-order valence-electron chi connectivity index (χ1n) is 7.33. The number of pyridine rings is 1. The summed E-state index contributed by atoms with van der Waals surface area (Å²) in [6, 6.07) is 12.2. The smallest absolute Gasteiger partial charge is 0.120 e. The second-order valence-corrected chi connectivity index (χ2v) is 5.67. The monoisotopic (exact) mass is 283 g/mol. The van der Waals surface area contributed by atoms with Crippen molar-refractivity contribution < 1.29 is 4.74 Å². The largest absolute Gasteiger partial charge is 0.490 e. The molecular weight excluding hydrogens is 262 g/mol. The van der Waals surface area contributed by atoms with Gasteiger partial charge in [-0.05, 0) is 62.1 Å². The molecule has 3 N–H and O–H groups in total. The van der Waals surface area contributed by atoms with Crippen molar-refractivity contribution in [3.05, 3.63) is 58.9 Å². The molecular formula is C17H21N3O. The molecule has 0 spiro atoms. The second kappa shape index (κ2) is 5.84. The molecule has 1 aromatic carbocycles. The van der Waals surface area contributed by atoms with Crippen LogP contribution in [0.25, 0.3) is 0 Å². The van der Waals surface area contributed by atoms with Crippen LogP contribution in [0.1, 0.15) is 41.4 Å². The molecule has 3 rings (SSSR count). The maximum Gasteiger partial charge on any atom is 0.120 e. The lowest BCUT2D eigenvalue weighted by atomic mass is 9.98. The summed E-state index contributed by atoms with van der Waals surface area (Å²) in [6.07, 6.45) is 2.71. The van der Waals surface area contributed by atoms with Crippen LogP contribution in [0.4, 0.5) is 0 Å². The standard InChI is InChI=1S/C17H21N3O/c1-11-8-14(9-12(2)19-11)17(20-18)13-4-3-5-16(10-13)21-15-6-7-15/h3-5,8-10,15,17,20H,6-7,18H2,1-2H3. The number of ether oxygens (including phenoxy) is 1. The van der Waals surface area contributed by atoms with Crippen molar-refractivity contribution in [1.29, 1.82) is 0 Å². The highest BCUT2D eigenvalue weighted by Gasteiger charge is 2.24. The van der Waals surface area contributed by atoms with Gasteiger partial charge in [0, 0.05) is 11.4 Å². The van der Waals surface area contributed by atoms with E-state index in [2.05, 4.69) is 34.7 Å². The van der Waals surface area contributed by atoms with Crippen LogP contribution in [0.5, 0.6) is 5.75 Å². The van der Waals surface area contributed by atoms with E-state index in [9.17, 15) is 0 Å². The summed E-state index contributed by atoms with van der Waals surface area (Å²) < 4.78 is 5.86. The summed E-state index contributed by atoms with van der Waals surface area (Å²) in [5, 5.41) is 0. The average Bonchev–Trinajstić information content (AvgIpc) is 3.23. The Hall–Kier alpha value is -1.91. The summed E-state index contributed by atoms with van der Waals surface area (Å²) >= 11 is 0. The number of benzene rings is 1. The highest BCUT2D eigenvalue weighted by molar-refractivity contribution is 5.37. The van der Waals surface area contributed by atoms with Gasteiger partial charge in [0.15, 0.2) is 0 Å². The average molecular weight is 283 g/mol. The number of nitrogens with zero attached hydrogens (tertiary/aromatic N) is 1. The first kappa shape index (κ1) is 14.0. The van der Waals surface area contributed by atoms with Gasteiger partial charge >= 0.3 is 0 Å². The fourth-order valence-corrected chi connectivity index (χ4v) is 2.56. The number of nitrogens with two attached hydrogens (primary N) is 1. The van der Waals surface area contributed by atoms with Crippen LogP contribution in [-0.4, -0.2) is 11.1 Å². The van der Waals surface area contributed by atoms with Crippen LogP contribution in [0.3, 0.4) is 0 Å². The van der Waals surface area contributed by atoms with Crippen molar-refractivity contribution in [1.82, 2.24) is 10.4 Å². The molecule has 4 heteroatoms. The van der Waals surface area contributed by atoms with Crippen molar-refractivity contribution in [3.63, 3.8) is 0 Å². The molecule has 2 aromatic rings.